The van der Waals surface area contributed by atoms with Crippen molar-refractivity contribution in [1.82, 2.24) is 9.80 Å². The van der Waals surface area contributed by atoms with Gasteiger partial charge in [-0.3, -0.25) is 14.6 Å². The maximum Gasteiger partial charge on any atom is 0.328 e. The molecule has 0 amide bonds. The first-order chi connectivity index (χ1) is 22.3. The minimum atomic E-state index is -1.26. The molecule has 4 N–H and O–H groups in total. The monoisotopic (exact) mass is 662 g/mol. The molecule has 0 radical (unpaired) electrons. The highest BCUT2D eigenvalue weighted by Gasteiger charge is 2.23. The SMILES string of the molecule is COc1ccc(OC(=O)CN2CCN(Cc3ccc(OC)c(OC)c3OC)CC2)cc1.O=C(O)/C=C\C(=O)O.O=C(O)/C=C\C(=O)O. The Morgan fingerprint density at radius 1 is 0.596 bits per heavy atom. The minimum absolute atomic E-state index is 0.263. The van der Waals surface area contributed by atoms with Crippen molar-refractivity contribution < 1.29 is 68.1 Å². The van der Waals surface area contributed by atoms with Crippen LogP contribution in [0.25, 0.3) is 0 Å². The molecule has 0 aromatic heterocycles. The number of ether oxygens (including phenoxy) is 5. The van der Waals surface area contributed by atoms with Gasteiger partial charge in [-0.2, -0.15) is 0 Å². The van der Waals surface area contributed by atoms with E-state index in [0.29, 0.717) is 47.3 Å². The fourth-order valence-electron chi connectivity index (χ4n) is 3.91. The van der Waals surface area contributed by atoms with Crippen LogP contribution in [0.3, 0.4) is 0 Å². The average molecular weight is 663 g/mol. The zero-order valence-electron chi connectivity index (χ0n) is 26.3. The molecule has 0 spiro atoms. The first-order valence-electron chi connectivity index (χ1n) is 13.7. The molecule has 3 rings (SSSR count). The summed E-state index contributed by atoms with van der Waals surface area (Å²) in [6.45, 7) is 4.24. The Balaban J connectivity index is 0.000000569. The van der Waals surface area contributed by atoms with E-state index in [9.17, 15) is 24.0 Å². The predicted molar refractivity (Wildman–Crippen MR) is 165 cm³/mol. The largest absolute Gasteiger partial charge is 0.497 e. The van der Waals surface area contributed by atoms with E-state index in [1.807, 2.05) is 12.1 Å². The van der Waals surface area contributed by atoms with Gasteiger partial charge in [0.25, 0.3) is 0 Å². The van der Waals surface area contributed by atoms with E-state index in [1.165, 1.54) is 0 Å². The summed E-state index contributed by atoms with van der Waals surface area (Å²) in [5.41, 5.74) is 1.03. The van der Waals surface area contributed by atoms with Gasteiger partial charge >= 0.3 is 29.8 Å². The van der Waals surface area contributed by atoms with Crippen molar-refractivity contribution in [3.63, 3.8) is 0 Å². The molecule has 47 heavy (non-hydrogen) atoms. The molecule has 1 aliphatic heterocycles. The number of carboxylic acid groups (broad SMARTS) is 4. The minimum Gasteiger partial charge on any atom is -0.497 e. The molecule has 0 unspecified atom stereocenters. The van der Waals surface area contributed by atoms with Crippen LogP contribution >= 0.6 is 0 Å². The van der Waals surface area contributed by atoms with Gasteiger partial charge in [-0.15, -0.1) is 0 Å². The number of hydrogen-bond acceptors (Lipinski definition) is 12. The summed E-state index contributed by atoms with van der Waals surface area (Å²) in [6, 6.07) is 10.9. The molecule has 16 nitrogen and oxygen atoms in total. The standard InChI is InChI=1S/C23H30N2O6.2C4H4O4/c1-27-18-6-8-19(9-7-18)31-21(26)16-25-13-11-24(12-14-25)15-17-5-10-20(28-2)23(30-4)22(17)29-3;2*5-3(6)1-2-4(7)8/h5-10H,11-16H2,1-4H3;2*1-2H,(H,5,6)(H,7,8)/b;2*2-1-. The maximum atomic E-state index is 12.3. The predicted octanol–water partition coefficient (Wildman–Crippen LogP) is 1.87. The summed E-state index contributed by atoms with van der Waals surface area (Å²) in [5, 5.41) is 31.2. The molecule has 1 heterocycles. The van der Waals surface area contributed by atoms with Crippen LogP contribution in [-0.4, -0.2) is 121 Å². The zero-order valence-corrected chi connectivity index (χ0v) is 26.3. The van der Waals surface area contributed by atoms with E-state index in [2.05, 4.69) is 9.80 Å². The fraction of sp³-hybridized carbons (Fsp3) is 0.323. The van der Waals surface area contributed by atoms with E-state index in [4.69, 9.17) is 44.1 Å². The van der Waals surface area contributed by atoms with Crippen LogP contribution in [0.5, 0.6) is 28.7 Å². The summed E-state index contributed by atoms with van der Waals surface area (Å²) in [5.74, 6) is -2.12. The molecule has 1 fully saturated rings. The topological polar surface area (TPSA) is 219 Å². The van der Waals surface area contributed by atoms with Crippen molar-refractivity contribution in [2.45, 2.75) is 6.54 Å². The number of methoxy groups -OCH3 is 4. The zero-order chi connectivity index (χ0) is 35.4. The lowest BCUT2D eigenvalue weighted by Gasteiger charge is -2.34. The van der Waals surface area contributed by atoms with Gasteiger partial charge in [0.1, 0.15) is 11.5 Å². The van der Waals surface area contributed by atoms with Crippen LogP contribution in [0.15, 0.2) is 60.7 Å². The summed E-state index contributed by atoms with van der Waals surface area (Å²) < 4.78 is 27.0. The number of carboxylic acids is 4. The quantitative estimate of drug-likeness (QED) is 0.137. The van der Waals surface area contributed by atoms with Gasteiger partial charge in [0.05, 0.1) is 35.0 Å². The highest BCUT2D eigenvalue weighted by molar-refractivity contribution is 5.90. The van der Waals surface area contributed by atoms with E-state index in [1.54, 1.807) is 52.7 Å². The molecule has 1 saturated heterocycles. The van der Waals surface area contributed by atoms with Crippen molar-refractivity contribution in [1.29, 1.82) is 0 Å². The highest BCUT2D eigenvalue weighted by Crippen LogP contribution is 2.40. The Morgan fingerprint density at radius 2 is 1.04 bits per heavy atom. The fourth-order valence-corrected chi connectivity index (χ4v) is 3.91. The van der Waals surface area contributed by atoms with Crippen LogP contribution in [0.2, 0.25) is 0 Å². The number of hydrogen-bond donors (Lipinski definition) is 4. The van der Waals surface area contributed by atoms with Gasteiger partial charge in [-0.25, -0.2) is 19.2 Å². The Labute approximate surface area is 270 Å². The van der Waals surface area contributed by atoms with Gasteiger partial charge in [0.2, 0.25) is 5.75 Å². The van der Waals surface area contributed by atoms with E-state index in [0.717, 1.165) is 44.0 Å². The van der Waals surface area contributed by atoms with Gasteiger partial charge in [-0.05, 0) is 30.3 Å². The van der Waals surface area contributed by atoms with Gasteiger partial charge < -0.3 is 44.1 Å². The molecular formula is C31H38N2O14. The van der Waals surface area contributed by atoms with Crippen molar-refractivity contribution in [3.8, 4) is 28.7 Å². The Bertz CT molecular complexity index is 1330. The Kier molecular flexibility index (Phi) is 17.8. The molecule has 0 saturated carbocycles. The van der Waals surface area contributed by atoms with Crippen LogP contribution in [0, 0.1) is 0 Å². The first kappa shape index (κ1) is 39.4. The van der Waals surface area contributed by atoms with Gasteiger partial charge in [0.15, 0.2) is 11.5 Å². The lowest BCUT2D eigenvalue weighted by Crippen LogP contribution is -2.48. The van der Waals surface area contributed by atoms with Gasteiger partial charge in [-0.1, -0.05) is 6.07 Å². The maximum absolute atomic E-state index is 12.3. The smallest absolute Gasteiger partial charge is 0.328 e. The molecule has 16 heteroatoms. The number of aliphatic carboxylic acids is 4. The summed E-state index contributed by atoms with van der Waals surface area (Å²) >= 11 is 0. The second kappa shape index (κ2) is 21.2. The first-order valence-corrected chi connectivity index (χ1v) is 13.7. The molecule has 256 valence electrons. The third-order valence-corrected chi connectivity index (χ3v) is 6.03. The number of carbonyl (C=O) groups is 5. The molecule has 0 aliphatic carbocycles. The van der Waals surface area contributed by atoms with Crippen LogP contribution in [0.1, 0.15) is 5.56 Å². The lowest BCUT2D eigenvalue weighted by atomic mass is 10.1. The van der Waals surface area contributed by atoms with E-state index >= 15 is 0 Å². The van der Waals surface area contributed by atoms with Crippen LogP contribution in [-0.2, 0) is 30.5 Å². The van der Waals surface area contributed by atoms with Crippen LogP contribution < -0.4 is 23.7 Å². The highest BCUT2D eigenvalue weighted by atomic mass is 16.5. The van der Waals surface area contributed by atoms with Crippen LogP contribution in [0.4, 0.5) is 0 Å². The van der Waals surface area contributed by atoms with Crippen molar-refractivity contribution in [2.24, 2.45) is 0 Å². The normalized spacial score (nSPS) is 12.9. The third-order valence-electron chi connectivity index (χ3n) is 6.03. The van der Waals surface area contributed by atoms with E-state index < -0.39 is 23.9 Å². The Morgan fingerprint density at radius 3 is 1.45 bits per heavy atom. The summed E-state index contributed by atoms with van der Waals surface area (Å²) in [7, 11) is 6.44. The van der Waals surface area contributed by atoms with Crippen molar-refractivity contribution >= 4 is 29.8 Å². The summed E-state index contributed by atoms with van der Waals surface area (Å²) in [6.07, 6.45) is 2.23. The van der Waals surface area contributed by atoms with E-state index in [-0.39, 0.29) is 12.5 Å². The van der Waals surface area contributed by atoms with Gasteiger partial charge in [0, 0.05) is 62.6 Å². The number of piperazine rings is 1. The number of benzene rings is 2. The lowest BCUT2D eigenvalue weighted by molar-refractivity contribution is -0.136. The average Bonchev–Trinajstić information content (AvgIpc) is 3.04. The van der Waals surface area contributed by atoms with Crippen molar-refractivity contribution in [3.05, 3.63) is 66.3 Å². The Hall–Kier alpha value is -5.61. The second-order valence-corrected chi connectivity index (χ2v) is 9.21. The third kappa shape index (κ3) is 15.8. The molecule has 0 bridgehead atoms. The second-order valence-electron chi connectivity index (χ2n) is 9.21. The molecular weight excluding hydrogens is 624 g/mol. The number of nitrogens with zero attached hydrogens (tertiary/aromatic N) is 2. The molecule has 2 aromatic carbocycles. The molecule has 2 aromatic rings. The molecule has 0 atom stereocenters. The number of esters is 1. The number of carbonyl (C=O) groups excluding carboxylic acids is 1. The summed E-state index contributed by atoms with van der Waals surface area (Å²) in [4.78, 5) is 54.9. The van der Waals surface area contributed by atoms with Crippen molar-refractivity contribution in [2.75, 3.05) is 61.2 Å². The molecule has 1 aliphatic rings. The number of rotatable bonds is 13.